The van der Waals surface area contributed by atoms with Gasteiger partial charge in [-0.2, -0.15) is 0 Å². The van der Waals surface area contributed by atoms with Crippen molar-refractivity contribution in [1.29, 1.82) is 0 Å². The van der Waals surface area contributed by atoms with E-state index in [1.54, 1.807) is 0 Å². The Bertz CT molecular complexity index is 1870. The fraction of sp³-hybridized carbons (Fsp3) is 0.619. The summed E-state index contributed by atoms with van der Waals surface area (Å²) in [6.45, 7) is 22.5. The van der Waals surface area contributed by atoms with Gasteiger partial charge in [-0.15, -0.1) is 0 Å². The molecule has 3 aromatic carbocycles. The maximum atomic E-state index is 11.5. The van der Waals surface area contributed by atoms with Gasteiger partial charge >= 0.3 is 23.9 Å². The van der Waals surface area contributed by atoms with E-state index in [1.807, 2.05) is 80.6 Å². The van der Waals surface area contributed by atoms with Crippen molar-refractivity contribution in [3.05, 3.63) is 108 Å². The van der Waals surface area contributed by atoms with Gasteiger partial charge in [-0.3, -0.25) is 19.2 Å². The van der Waals surface area contributed by atoms with Crippen molar-refractivity contribution in [1.82, 2.24) is 0 Å². The van der Waals surface area contributed by atoms with E-state index in [-0.39, 0.29) is 74.2 Å². The summed E-state index contributed by atoms with van der Waals surface area (Å²) >= 11 is 0. The SMILES string of the molecule is CC(C)CCO.COC(=O)CCC(C)(OCCC(C)C)OCCC(C)C.COC(=O)CCC(C)(OCCc1ccccc1)OCCc1ccccc1.COC(=O)CCC(C)=O.COC(=O)CCC(C)=O.OCCc1ccccc1. The summed E-state index contributed by atoms with van der Waals surface area (Å²) in [5.41, 5.74) is 3.62. The number of ether oxygens (including phenoxy) is 8. The van der Waals surface area contributed by atoms with E-state index in [1.165, 1.54) is 59.0 Å². The van der Waals surface area contributed by atoms with Crippen LogP contribution in [0.3, 0.4) is 0 Å². The minimum Gasteiger partial charge on any atom is -0.469 e. The fourth-order valence-electron chi connectivity index (χ4n) is 6.11. The van der Waals surface area contributed by atoms with Gasteiger partial charge in [0.2, 0.25) is 0 Å². The van der Waals surface area contributed by atoms with Gasteiger partial charge in [0.05, 0.1) is 80.6 Å². The molecule has 0 atom stereocenters. The molecule has 2 N–H and O–H groups in total. The maximum Gasteiger partial charge on any atom is 0.305 e. The number of aliphatic hydroxyl groups excluding tert-OH is 2. The number of aliphatic hydroxyl groups is 2. The Morgan fingerprint density at radius 2 is 0.671 bits per heavy atom. The Morgan fingerprint density at radius 1 is 0.392 bits per heavy atom. The molecule has 0 aromatic heterocycles. The van der Waals surface area contributed by atoms with Crippen LogP contribution >= 0.6 is 0 Å². The molecule has 0 spiro atoms. The molecule has 3 rings (SSSR count). The van der Waals surface area contributed by atoms with Crippen LogP contribution in [0.1, 0.15) is 157 Å². The van der Waals surface area contributed by atoms with Gasteiger partial charge in [-0.1, -0.05) is 133 Å². The van der Waals surface area contributed by atoms with E-state index in [9.17, 15) is 28.8 Å². The Morgan fingerprint density at radius 3 is 0.911 bits per heavy atom. The van der Waals surface area contributed by atoms with Gasteiger partial charge in [-0.25, -0.2) is 0 Å². The Kier molecular flexibility index (Phi) is 50.1. The lowest BCUT2D eigenvalue weighted by molar-refractivity contribution is -0.233. The van der Waals surface area contributed by atoms with Crippen molar-refractivity contribution < 1.29 is 76.9 Å². The average molecular weight is 1120 g/mol. The van der Waals surface area contributed by atoms with Crippen LogP contribution in [0.2, 0.25) is 0 Å². The normalized spacial score (nSPS) is 10.6. The number of benzene rings is 3. The predicted octanol–water partition coefficient (Wildman–Crippen LogP) is 11.3. The standard InChI is InChI=1S/C22H28O4.C16H32O4.C8H10O.2C6H10O3.C5H12O/c1-22(16-13-21(23)24-2,25-17-14-19-9-5-3-6-10-19)26-18-15-20-11-7-4-8-12-20;1-13(2)8-11-19-16(5,10-7-15(17)18-6)20-12-9-14(3)4;9-7-6-8-4-2-1-3-5-8;2*1-5(7)3-4-6(8)9-2;1-5(2)3-4-6/h3-12H,13-18H2,1-2H3;13-14H,7-12H2,1-6H3;1-5,9H,6-7H2;2*3-4H2,1-2H3;5-6H,3-4H2,1-2H3. The summed E-state index contributed by atoms with van der Waals surface area (Å²) in [5.74, 6) is -0.779. The number of Topliss-reactive ketones (excluding diaryl/α,β-unsaturated/α-hetero) is 2. The molecule has 0 aliphatic heterocycles. The lowest BCUT2D eigenvalue weighted by Crippen LogP contribution is -2.35. The highest BCUT2D eigenvalue weighted by atomic mass is 16.7. The third-order valence-corrected chi connectivity index (χ3v) is 11.3. The molecule has 0 saturated carbocycles. The summed E-state index contributed by atoms with van der Waals surface area (Å²) in [4.78, 5) is 64.0. The van der Waals surface area contributed by atoms with Crippen molar-refractivity contribution in [2.75, 3.05) is 68.1 Å². The van der Waals surface area contributed by atoms with E-state index in [0.717, 1.165) is 38.5 Å². The molecule has 0 aliphatic carbocycles. The van der Waals surface area contributed by atoms with Crippen LogP contribution in [0.15, 0.2) is 91.0 Å². The Balaban J connectivity index is -0.000000955. The number of hydrogen-bond donors (Lipinski definition) is 2. The van der Waals surface area contributed by atoms with Crippen LogP contribution in [0.5, 0.6) is 0 Å². The smallest absolute Gasteiger partial charge is 0.305 e. The topological polar surface area (TPSA) is 217 Å². The number of hydrogen-bond acceptors (Lipinski definition) is 16. The van der Waals surface area contributed by atoms with Crippen molar-refractivity contribution in [3.8, 4) is 0 Å². The first kappa shape index (κ1) is 77.9. The van der Waals surface area contributed by atoms with Gasteiger partial charge in [0.15, 0.2) is 11.6 Å². The van der Waals surface area contributed by atoms with E-state index in [0.29, 0.717) is 70.1 Å². The quantitative estimate of drug-likeness (QED) is 0.0337. The van der Waals surface area contributed by atoms with Gasteiger partial charge < -0.3 is 57.7 Å². The summed E-state index contributed by atoms with van der Waals surface area (Å²) < 4.78 is 41.9. The van der Waals surface area contributed by atoms with Crippen LogP contribution < -0.4 is 0 Å². The summed E-state index contributed by atoms with van der Waals surface area (Å²) in [6, 6.07) is 30.3. The van der Waals surface area contributed by atoms with E-state index in [2.05, 4.69) is 80.0 Å². The zero-order valence-corrected chi connectivity index (χ0v) is 50.6. The lowest BCUT2D eigenvalue weighted by Gasteiger charge is -2.30. The molecule has 0 unspecified atom stereocenters. The Labute approximate surface area is 474 Å². The predicted molar refractivity (Wildman–Crippen MR) is 310 cm³/mol. The number of methoxy groups -OCH3 is 4. The zero-order valence-electron chi connectivity index (χ0n) is 50.6. The molecular formula is C63H102O16. The minimum absolute atomic E-state index is 0.0143. The second-order valence-electron chi connectivity index (χ2n) is 20.1. The van der Waals surface area contributed by atoms with Crippen molar-refractivity contribution >= 4 is 35.4 Å². The molecule has 0 saturated heterocycles. The molecule has 0 aliphatic rings. The first-order chi connectivity index (χ1) is 37.4. The fourth-order valence-corrected chi connectivity index (χ4v) is 6.11. The molecule has 0 radical (unpaired) electrons. The summed E-state index contributed by atoms with van der Waals surface area (Å²) in [5, 5.41) is 16.8. The highest BCUT2D eigenvalue weighted by Crippen LogP contribution is 2.23. The third-order valence-electron chi connectivity index (χ3n) is 11.3. The molecule has 3 aromatic rings. The van der Waals surface area contributed by atoms with Gasteiger partial charge in [0.25, 0.3) is 0 Å². The molecule has 450 valence electrons. The van der Waals surface area contributed by atoms with Gasteiger partial charge in [0.1, 0.15) is 11.6 Å². The molecule has 16 heteroatoms. The molecule has 79 heavy (non-hydrogen) atoms. The van der Waals surface area contributed by atoms with Crippen molar-refractivity contribution in [2.45, 2.75) is 171 Å². The third kappa shape index (κ3) is 53.1. The largest absolute Gasteiger partial charge is 0.469 e. The monoisotopic (exact) mass is 1110 g/mol. The molecule has 0 fully saturated rings. The molecule has 0 heterocycles. The number of carbonyl (C=O) groups excluding carboxylic acids is 6. The number of rotatable bonds is 32. The maximum absolute atomic E-state index is 11.5. The summed E-state index contributed by atoms with van der Waals surface area (Å²) in [6.07, 6.45) is 7.81. The first-order valence-corrected chi connectivity index (χ1v) is 27.6. The Hall–Kier alpha value is -5.36. The van der Waals surface area contributed by atoms with Crippen LogP contribution in [0.4, 0.5) is 0 Å². The number of carbonyl (C=O) groups is 6. The highest BCUT2D eigenvalue weighted by Gasteiger charge is 2.28. The molecular weight excluding hydrogens is 1010 g/mol. The molecule has 16 nitrogen and oxygen atoms in total. The van der Waals surface area contributed by atoms with E-state index < -0.39 is 11.6 Å². The lowest BCUT2D eigenvalue weighted by atomic mass is 10.1. The number of esters is 4. The second-order valence-corrected chi connectivity index (χ2v) is 20.1. The van der Waals surface area contributed by atoms with Crippen LogP contribution in [-0.2, 0) is 85.9 Å². The van der Waals surface area contributed by atoms with Crippen molar-refractivity contribution in [3.63, 3.8) is 0 Å². The van der Waals surface area contributed by atoms with E-state index >= 15 is 0 Å². The highest BCUT2D eigenvalue weighted by molar-refractivity contribution is 5.81. The van der Waals surface area contributed by atoms with Crippen molar-refractivity contribution in [2.24, 2.45) is 17.8 Å². The molecule has 0 amide bonds. The number of ketones is 2. The molecule has 0 bridgehead atoms. The second kappa shape index (κ2) is 50.8. The van der Waals surface area contributed by atoms with Gasteiger partial charge in [0, 0.05) is 38.9 Å². The zero-order chi connectivity index (χ0) is 60.3. The van der Waals surface area contributed by atoms with Gasteiger partial charge in [-0.05, 0) is 101 Å². The van der Waals surface area contributed by atoms with Crippen LogP contribution in [-0.4, -0.2) is 125 Å². The minimum atomic E-state index is -0.808. The summed E-state index contributed by atoms with van der Waals surface area (Å²) in [7, 11) is 5.41. The average Bonchev–Trinajstić information content (AvgIpc) is 3.42. The van der Waals surface area contributed by atoms with Crippen LogP contribution in [0.25, 0.3) is 0 Å². The first-order valence-electron chi connectivity index (χ1n) is 27.6. The van der Waals surface area contributed by atoms with Crippen LogP contribution in [0, 0.1) is 17.8 Å². The van der Waals surface area contributed by atoms with E-state index in [4.69, 9.17) is 33.9 Å².